The zero-order valence-electron chi connectivity index (χ0n) is 18.8. The molecule has 4 rings (SSSR count). The van der Waals surface area contributed by atoms with Gasteiger partial charge in [0.1, 0.15) is 5.82 Å². The lowest BCUT2D eigenvalue weighted by Crippen LogP contribution is -2.46. The average molecular weight is 458 g/mol. The van der Waals surface area contributed by atoms with Gasteiger partial charge in [-0.05, 0) is 36.2 Å². The molecule has 172 valence electrons. The van der Waals surface area contributed by atoms with E-state index in [0.29, 0.717) is 5.56 Å². The van der Waals surface area contributed by atoms with Gasteiger partial charge >= 0.3 is 5.69 Å². The molecule has 0 aliphatic heterocycles. The van der Waals surface area contributed by atoms with Crippen LogP contribution in [0.25, 0.3) is 5.69 Å². The van der Waals surface area contributed by atoms with Crippen LogP contribution in [-0.4, -0.2) is 32.2 Å². The van der Waals surface area contributed by atoms with Gasteiger partial charge in [-0.2, -0.15) is 9.78 Å². The summed E-state index contributed by atoms with van der Waals surface area (Å²) in [5, 5.41) is 4.08. The van der Waals surface area contributed by atoms with E-state index in [2.05, 4.69) is 5.10 Å². The summed E-state index contributed by atoms with van der Waals surface area (Å²) < 4.78 is 15.7. The number of carbonyl (C=O) groups is 1. The van der Waals surface area contributed by atoms with Gasteiger partial charge in [-0.15, -0.1) is 0 Å². The number of halogens is 1. The molecule has 0 saturated carbocycles. The van der Waals surface area contributed by atoms with Gasteiger partial charge < -0.3 is 4.90 Å². The second-order valence-electron chi connectivity index (χ2n) is 8.05. The Labute approximate surface area is 195 Å². The third-order valence-corrected chi connectivity index (χ3v) is 5.35. The Morgan fingerprint density at radius 2 is 1.65 bits per heavy atom. The summed E-state index contributed by atoms with van der Waals surface area (Å²) in [4.78, 5) is 41.1. The molecule has 8 heteroatoms. The highest BCUT2D eigenvalue weighted by atomic mass is 19.1. The Morgan fingerprint density at radius 3 is 2.35 bits per heavy atom. The summed E-state index contributed by atoms with van der Waals surface area (Å²) in [7, 11) is 1.55. The quantitative estimate of drug-likeness (QED) is 0.445. The second kappa shape index (κ2) is 9.66. The Hall–Kier alpha value is -4.33. The predicted molar refractivity (Wildman–Crippen MR) is 127 cm³/mol. The molecule has 1 aromatic heterocycles. The highest BCUT2D eigenvalue weighted by Crippen LogP contribution is 2.09. The third kappa shape index (κ3) is 4.85. The number of benzene rings is 3. The molecule has 7 nitrogen and oxygen atoms in total. The minimum atomic E-state index is -0.802. The van der Waals surface area contributed by atoms with E-state index in [4.69, 9.17) is 0 Å². The van der Waals surface area contributed by atoms with Crippen molar-refractivity contribution in [2.75, 3.05) is 7.05 Å². The van der Waals surface area contributed by atoms with Crippen molar-refractivity contribution in [1.82, 2.24) is 19.2 Å². The van der Waals surface area contributed by atoms with Crippen LogP contribution in [0.1, 0.15) is 27.2 Å². The fourth-order valence-corrected chi connectivity index (χ4v) is 3.67. The number of rotatable bonds is 6. The first-order valence-electron chi connectivity index (χ1n) is 10.7. The van der Waals surface area contributed by atoms with Gasteiger partial charge in [-0.25, -0.2) is 9.18 Å². The maximum Gasteiger partial charge on any atom is 0.352 e. The van der Waals surface area contributed by atoms with Crippen molar-refractivity contribution < 1.29 is 9.18 Å². The lowest BCUT2D eigenvalue weighted by molar-refractivity contribution is 0.0773. The van der Waals surface area contributed by atoms with Crippen LogP contribution in [0.3, 0.4) is 0 Å². The van der Waals surface area contributed by atoms with Crippen molar-refractivity contribution in [2.24, 2.45) is 0 Å². The summed E-state index contributed by atoms with van der Waals surface area (Å²) in [5.74, 6) is -1.21. The molecule has 0 bridgehead atoms. The van der Waals surface area contributed by atoms with Crippen molar-refractivity contribution >= 4 is 5.91 Å². The van der Waals surface area contributed by atoms with E-state index in [1.807, 2.05) is 55.5 Å². The first kappa shape index (κ1) is 22.8. The van der Waals surface area contributed by atoms with Crippen molar-refractivity contribution in [2.45, 2.75) is 20.0 Å². The molecule has 0 spiro atoms. The number of aryl methyl sites for hydroxylation is 1. The molecule has 0 unspecified atom stereocenters. The zero-order chi connectivity index (χ0) is 24.2. The van der Waals surface area contributed by atoms with Crippen LogP contribution < -0.4 is 11.2 Å². The largest absolute Gasteiger partial charge is 0.352 e. The van der Waals surface area contributed by atoms with E-state index in [9.17, 15) is 18.8 Å². The zero-order valence-corrected chi connectivity index (χ0v) is 18.8. The van der Waals surface area contributed by atoms with Crippen LogP contribution in [0.2, 0.25) is 0 Å². The van der Waals surface area contributed by atoms with Gasteiger partial charge in [0.15, 0.2) is 0 Å². The van der Waals surface area contributed by atoms with Gasteiger partial charge in [0, 0.05) is 13.6 Å². The van der Waals surface area contributed by atoms with E-state index < -0.39 is 28.7 Å². The molecule has 1 heterocycles. The monoisotopic (exact) mass is 458 g/mol. The number of amides is 1. The molecule has 0 atom stereocenters. The van der Waals surface area contributed by atoms with Crippen LogP contribution >= 0.6 is 0 Å². The van der Waals surface area contributed by atoms with Crippen LogP contribution in [-0.2, 0) is 13.1 Å². The van der Waals surface area contributed by atoms with E-state index in [-0.39, 0.29) is 18.8 Å². The van der Waals surface area contributed by atoms with Crippen molar-refractivity contribution in [3.63, 3.8) is 0 Å². The van der Waals surface area contributed by atoms with E-state index in [1.165, 1.54) is 23.1 Å². The lowest BCUT2D eigenvalue weighted by atomic mass is 10.1. The lowest BCUT2D eigenvalue weighted by Gasteiger charge is -2.18. The predicted octanol–water partition coefficient (Wildman–Crippen LogP) is 3.16. The second-order valence-corrected chi connectivity index (χ2v) is 8.05. The molecule has 0 aliphatic rings. The maximum atomic E-state index is 13.9. The smallest absolute Gasteiger partial charge is 0.336 e. The van der Waals surface area contributed by atoms with E-state index in [0.717, 1.165) is 26.4 Å². The Morgan fingerprint density at radius 1 is 0.941 bits per heavy atom. The van der Waals surface area contributed by atoms with E-state index in [1.54, 1.807) is 13.1 Å². The van der Waals surface area contributed by atoms with Crippen LogP contribution in [0.4, 0.5) is 4.39 Å². The minimum absolute atomic E-state index is 0.0557. The van der Waals surface area contributed by atoms with Gasteiger partial charge in [0.2, 0.25) is 5.69 Å². The normalized spacial score (nSPS) is 10.8. The van der Waals surface area contributed by atoms with Crippen LogP contribution in [0.5, 0.6) is 0 Å². The number of hydrogen-bond acceptors (Lipinski definition) is 4. The Balaban J connectivity index is 1.83. The Bertz CT molecular complexity index is 1460. The van der Waals surface area contributed by atoms with Crippen LogP contribution in [0, 0.1) is 12.7 Å². The molecule has 34 heavy (non-hydrogen) atoms. The molecule has 0 saturated heterocycles. The van der Waals surface area contributed by atoms with Crippen molar-refractivity contribution in [3.8, 4) is 5.69 Å². The summed E-state index contributed by atoms with van der Waals surface area (Å²) in [5.41, 5.74) is 0.675. The van der Waals surface area contributed by atoms with Gasteiger partial charge in [-0.1, -0.05) is 66.2 Å². The Kier molecular flexibility index (Phi) is 6.49. The number of carbonyl (C=O) groups excluding carboxylic acids is 1. The number of aromatic nitrogens is 3. The molecule has 0 aliphatic carbocycles. The molecular formula is C26H23FN4O3. The van der Waals surface area contributed by atoms with Crippen molar-refractivity contribution in [1.29, 1.82) is 0 Å². The standard InChI is InChI=1S/C26H23FN4O3/c1-18-8-6-11-20(14-18)17-30-25(33)23(24(32)29(2)16-19-9-4-3-5-10-19)28-31(26(30)34)22-13-7-12-21(27)15-22/h3-15H,16-17H2,1-2H3. The first-order chi connectivity index (χ1) is 16.3. The average Bonchev–Trinajstić information content (AvgIpc) is 2.82. The van der Waals surface area contributed by atoms with Gasteiger partial charge in [0.25, 0.3) is 11.5 Å². The summed E-state index contributed by atoms with van der Waals surface area (Å²) in [6, 6.07) is 21.9. The highest BCUT2D eigenvalue weighted by molar-refractivity contribution is 5.91. The molecular weight excluding hydrogens is 435 g/mol. The maximum absolute atomic E-state index is 13.9. The summed E-state index contributed by atoms with van der Waals surface area (Å²) in [6.45, 7) is 2.09. The van der Waals surface area contributed by atoms with Crippen LogP contribution in [0.15, 0.2) is 88.5 Å². The topological polar surface area (TPSA) is 77.2 Å². The van der Waals surface area contributed by atoms with Crippen molar-refractivity contribution in [3.05, 3.63) is 128 Å². The fourth-order valence-electron chi connectivity index (χ4n) is 3.67. The first-order valence-corrected chi connectivity index (χ1v) is 10.7. The highest BCUT2D eigenvalue weighted by Gasteiger charge is 2.23. The third-order valence-electron chi connectivity index (χ3n) is 5.35. The number of hydrogen-bond donors (Lipinski definition) is 0. The molecule has 0 fully saturated rings. The summed E-state index contributed by atoms with van der Waals surface area (Å²) >= 11 is 0. The number of nitrogens with zero attached hydrogens (tertiary/aromatic N) is 4. The SMILES string of the molecule is Cc1cccc(Cn2c(=O)c(C(=O)N(C)Cc3ccccc3)nn(-c3cccc(F)c3)c2=O)c1. The summed E-state index contributed by atoms with van der Waals surface area (Å²) in [6.07, 6.45) is 0. The molecule has 4 aromatic rings. The van der Waals surface area contributed by atoms with Gasteiger partial charge in [0.05, 0.1) is 12.2 Å². The molecule has 0 radical (unpaired) electrons. The fraction of sp³-hybridized carbons (Fsp3) is 0.154. The van der Waals surface area contributed by atoms with E-state index >= 15 is 0 Å². The van der Waals surface area contributed by atoms with Gasteiger partial charge in [-0.3, -0.25) is 14.2 Å². The molecule has 1 amide bonds. The molecule has 3 aromatic carbocycles. The molecule has 0 N–H and O–H groups in total. The minimum Gasteiger partial charge on any atom is -0.336 e.